The Kier molecular flexibility index (Phi) is 3.90. The van der Waals surface area contributed by atoms with Gasteiger partial charge < -0.3 is 9.84 Å². The Morgan fingerprint density at radius 3 is 2.67 bits per heavy atom. The molecule has 1 N–H and O–H groups in total. The number of fused-ring (bicyclic) bond motifs is 1. The summed E-state index contributed by atoms with van der Waals surface area (Å²) in [5, 5.41) is 15.6. The van der Waals surface area contributed by atoms with Crippen LogP contribution in [0, 0.1) is 6.92 Å². The molecule has 3 aromatic rings. The molecule has 3 rings (SSSR count). The molecule has 0 amide bonds. The number of methoxy groups -OCH3 is 1. The van der Waals surface area contributed by atoms with Crippen LogP contribution in [0.15, 0.2) is 41.8 Å². The zero-order chi connectivity index (χ0) is 14.8. The van der Waals surface area contributed by atoms with E-state index in [2.05, 4.69) is 4.98 Å². The van der Waals surface area contributed by atoms with Crippen molar-refractivity contribution in [2.75, 3.05) is 7.11 Å². The Bertz CT molecular complexity index is 766. The van der Waals surface area contributed by atoms with Crippen molar-refractivity contribution in [3.63, 3.8) is 0 Å². The van der Waals surface area contributed by atoms with E-state index >= 15 is 0 Å². The van der Waals surface area contributed by atoms with Crippen molar-refractivity contribution < 1.29 is 9.84 Å². The van der Waals surface area contributed by atoms with E-state index in [0.717, 1.165) is 32.8 Å². The van der Waals surface area contributed by atoms with Gasteiger partial charge in [0.25, 0.3) is 0 Å². The molecule has 0 aliphatic heterocycles. The molecule has 0 saturated heterocycles. The highest BCUT2D eigenvalue weighted by Crippen LogP contribution is 2.26. The van der Waals surface area contributed by atoms with Gasteiger partial charge in [-0.25, -0.2) is 4.98 Å². The number of rotatable bonds is 4. The molecular weight excluding hydrogens is 282 g/mol. The van der Waals surface area contributed by atoms with E-state index in [9.17, 15) is 5.11 Å². The third kappa shape index (κ3) is 3.06. The van der Waals surface area contributed by atoms with Crippen LogP contribution in [0.4, 0.5) is 0 Å². The molecule has 0 bridgehead atoms. The molecule has 0 aliphatic rings. The van der Waals surface area contributed by atoms with Crippen molar-refractivity contribution in [1.82, 2.24) is 4.98 Å². The van der Waals surface area contributed by atoms with Gasteiger partial charge in [-0.1, -0.05) is 18.2 Å². The zero-order valence-electron chi connectivity index (χ0n) is 12.0. The summed E-state index contributed by atoms with van der Waals surface area (Å²) < 4.78 is 5.23. The molecule has 1 heterocycles. The SMILES string of the molecule is COc1ccc2cc(C(O)Cc3nc(C)cs3)ccc2c1. The third-order valence-corrected chi connectivity index (χ3v) is 4.48. The van der Waals surface area contributed by atoms with E-state index in [4.69, 9.17) is 4.74 Å². The Morgan fingerprint density at radius 2 is 1.95 bits per heavy atom. The summed E-state index contributed by atoms with van der Waals surface area (Å²) in [6.45, 7) is 1.97. The first kappa shape index (κ1) is 14.0. The van der Waals surface area contributed by atoms with E-state index < -0.39 is 6.10 Å². The van der Waals surface area contributed by atoms with Crippen molar-refractivity contribution in [2.24, 2.45) is 0 Å². The lowest BCUT2D eigenvalue weighted by Crippen LogP contribution is -2.01. The van der Waals surface area contributed by atoms with Crippen molar-refractivity contribution in [3.05, 3.63) is 58.0 Å². The first-order valence-corrected chi connectivity index (χ1v) is 7.70. The second-order valence-corrected chi connectivity index (χ2v) is 6.02. The molecular formula is C17H17NO2S. The maximum absolute atomic E-state index is 10.4. The van der Waals surface area contributed by atoms with Gasteiger partial charge in [0, 0.05) is 17.5 Å². The number of aryl methyl sites for hydroxylation is 1. The van der Waals surface area contributed by atoms with Gasteiger partial charge in [0.05, 0.1) is 18.2 Å². The fourth-order valence-corrected chi connectivity index (χ4v) is 3.17. The maximum atomic E-state index is 10.4. The van der Waals surface area contributed by atoms with Crippen LogP contribution in [-0.2, 0) is 6.42 Å². The summed E-state index contributed by atoms with van der Waals surface area (Å²) in [4.78, 5) is 4.40. The Morgan fingerprint density at radius 1 is 1.19 bits per heavy atom. The second kappa shape index (κ2) is 5.84. The second-order valence-electron chi connectivity index (χ2n) is 5.08. The Balaban J connectivity index is 1.86. The summed E-state index contributed by atoms with van der Waals surface area (Å²) in [6, 6.07) is 12.0. The minimum Gasteiger partial charge on any atom is -0.497 e. The molecule has 108 valence electrons. The molecule has 2 aromatic carbocycles. The fraction of sp³-hybridized carbons (Fsp3) is 0.235. The standard InChI is InChI=1S/C17H17NO2S/c1-11-10-21-17(18-11)9-16(19)14-4-3-13-8-15(20-2)6-5-12(13)7-14/h3-8,10,16,19H,9H2,1-2H3. The van der Waals surface area contributed by atoms with Crippen molar-refractivity contribution in [2.45, 2.75) is 19.4 Å². The number of ether oxygens (including phenoxy) is 1. The average molecular weight is 299 g/mol. The van der Waals surface area contributed by atoms with Gasteiger partial charge in [0.1, 0.15) is 5.75 Å². The van der Waals surface area contributed by atoms with Gasteiger partial charge in [-0.2, -0.15) is 0 Å². The van der Waals surface area contributed by atoms with Gasteiger partial charge in [-0.15, -0.1) is 11.3 Å². The largest absolute Gasteiger partial charge is 0.497 e. The monoisotopic (exact) mass is 299 g/mol. The first-order valence-electron chi connectivity index (χ1n) is 6.82. The molecule has 0 aliphatic carbocycles. The van der Waals surface area contributed by atoms with Gasteiger partial charge in [-0.05, 0) is 41.5 Å². The van der Waals surface area contributed by atoms with Crippen LogP contribution in [0.5, 0.6) is 5.75 Å². The predicted molar refractivity (Wildman–Crippen MR) is 86.0 cm³/mol. The smallest absolute Gasteiger partial charge is 0.119 e. The number of aliphatic hydroxyl groups excluding tert-OH is 1. The number of hydrogen-bond donors (Lipinski definition) is 1. The van der Waals surface area contributed by atoms with E-state index in [1.807, 2.05) is 48.7 Å². The summed E-state index contributed by atoms with van der Waals surface area (Å²) in [5.74, 6) is 0.842. The lowest BCUT2D eigenvalue weighted by Gasteiger charge is -2.11. The number of aliphatic hydroxyl groups is 1. The summed E-state index contributed by atoms with van der Waals surface area (Å²) in [5.41, 5.74) is 1.92. The normalized spacial score (nSPS) is 12.5. The van der Waals surface area contributed by atoms with E-state index in [-0.39, 0.29) is 0 Å². The number of hydrogen-bond acceptors (Lipinski definition) is 4. The number of thiazole rings is 1. The molecule has 4 heteroatoms. The predicted octanol–water partition coefficient (Wildman–Crippen LogP) is 3.89. The molecule has 0 fully saturated rings. The van der Waals surface area contributed by atoms with Crippen LogP contribution in [0.1, 0.15) is 22.4 Å². The highest BCUT2D eigenvalue weighted by molar-refractivity contribution is 7.09. The third-order valence-electron chi connectivity index (χ3n) is 3.49. The minimum atomic E-state index is -0.526. The number of benzene rings is 2. The topological polar surface area (TPSA) is 42.4 Å². The van der Waals surface area contributed by atoms with Gasteiger partial charge >= 0.3 is 0 Å². The quantitative estimate of drug-likeness (QED) is 0.794. The fourth-order valence-electron chi connectivity index (χ4n) is 2.36. The van der Waals surface area contributed by atoms with Gasteiger partial charge in [-0.3, -0.25) is 0 Å². The molecule has 0 spiro atoms. The van der Waals surface area contributed by atoms with Crippen LogP contribution in [-0.4, -0.2) is 17.2 Å². The number of aromatic nitrogens is 1. The lowest BCUT2D eigenvalue weighted by molar-refractivity contribution is 0.178. The van der Waals surface area contributed by atoms with Crippen LogP contribution in [0.2, 0.25) is 0 Å². The van der Waals surface area contributed by atoms with Crippen molar-refractivity contribution in [3.8, 4) is 5.75 Å². The Labute approximate surface area is 127 Å². The van der Waals surface area contributed by atoms with Crippen LogP contribution >= 0.6 is 11.3 Å². The van der Waals surface area contributed by atoms with E-state index in [0.29, 0.717) is 6.42 Å². The Hall–Kier alpha value is -1.91. The first-order chi connectivity index (χ1) is 10.2. The molecule has 1 unspecified atom stereocenters. The molecule has 21 heavy (non-hydrogen) atoms. The molecule has 3 nitrogen and oxygen atoms in total. The summed E-state index contributed by atoms with van der Waals surface area (Å²) in [6.07, 6.45) is 0.0298. The zero-order valence-corrected chi connectivity index (χ0v) is 12.9. The highest BCUT2D eigenvalue weighted by Gasteiger charge is 2.11. The van der Waals surface area contributed by atoms with Gasteiger partial charge in [0.2, 0.25) is 0 Å². The lowest BCUT2D eigenvalue weighted by atomic mass is 10.0. The molecule has 1 aromatic heterocycles. The average Bonchev–Trinajstić information content (AvgIpc) is 2.91. The number of nitrogens with zero attached hydrogens (tertiary/aromatic N) is 1. The molecule has 0 saturated carbocycles. The highest BCUT2D eigenvalue weighted by atomic mass is 32.1. The maximum Gasteiger partial charge on any atom is 0.119 e. The minimum absolute atomic E-state index is 0.526. The summed E-state index contributed by atoms with van der Waals surface area (Å²) in [7, 11) is 1.66. The molecule has 1 atom stereocenters. The van der Waals surface area contributed by atoms with Crippen LogP contribution < -0.4 is 4.74 Å². The van der Waals surface area contributed by atoms with Crippen LogP contribution in [0.25, 0.3) is 10.8 Å². The van der Waals surface area contributed by atoms with Crippen LogP contribution in [0.3, 0.4) is 0 Å². The van der Waals surface area contributed by atoms with E-state index in [1.54, 1.807) is 18.4 Å². The van der Waals surface area contributed by atoms with E-state index in [1.165, 1.54) is 0 Å². The van der Waals surface area contributed by atoms with Crippen molar-refractivity contribution in [1.29, 1.82) is 0 Å². The van der Waals surface area contributed by atoms with Crippen molar-refractivity contribution >= 4 is 22.1 Å². The summed E-state index contributed by atoms with van der Waals surface area (Å²) >= 11 is 1.59. The molecule has 0 radical (unpaired) electrons. The van der Waals surface area contributed by atoms with Gasteiger partial charge in [0.15, 0.2) is 0 Å².